The summed E-state index contributed by atoms with van der Waals surface area (Å²) >= 11 is 0. The number of aromatic nitrogens is 3. The van der Waals surface area contributed by atoms with E-state index in [4.69, 9.17) is 9.47 Å². The first-order valence-electron chi connectivity index (χ1n) is 9.85. The molecule has 0 spiro atoms. The maximum atomic E-state index is 14.5. The maximum absolute atomic E-state index is 14.5. The van der Waals surface area contributed by atoms with E-state index in [9.17, 15) is 9.18 Å². The number of rotatable bonds is 5. The van der Waals surface area contributed by atoms with Crippen molar-refractivity contribution in [2.75, 3.05) is 19.5 Å². The highest BCUT2D eigenvalue weighted by Gasteiger charge is 2.18. The van der Waals surface area contributed by atoms with E-state index >= 15 is 0 Å². The zero-order valence-corrected chi connectivity index (χ0v) is 16.9. The summed E-state index contributed by atoms with van der Waals surface area (Å²) in [5.74, 6) is 1.58. The molecule has 2 heterocycles. The predicted octanol–water partition coefficient (Wildman–Crippen LogP) is 4.08. The standard InChI is InChI=1S/C22H23FN4O3/c1-29-16-10-15(11-17(13-16)30-2)22(28)24-19-12-14(7-8-18(19)23)21-26-25-20-6-4-3-5-9-27(20)21/h7-8,10-13H,3-6,9H2,1-2H3,(H,24,28). The Balaban J connectivity index is 1.63. The summed E-state index contributed by atoms with van der Waals surface area (Å²) < 4.78 is 27.0. The average molecular weight is 410 g/mol. The third-order valence-corrected chi connectivity index (χ3v) is 5.20. The molecule has 1 amide bonds. The van der Waals surface area contributed by atoms with Gasteiger partial charge in [0.25, 0.3) is 5.91 Å². The van der Waals surface area contributed by atoms with E-state index in [1.54, 1.807) is 30.3 Å². The molecular weight excluding hydrogens is 387 g/mol. The Morgan fingerprint density at radius 3 is 2.53 bits per heavy atom. The highest BCUT2D eigenvalue weighted by atomic mass is 19.1. The lowest BCUT2D eigenvalue weighted by Crippen LogP contribution is -2.13. The van der Waals surface area contributed by atoms with E-state index in [1.807, 2.05) is 0 Å². The fourth-order valence-electron chi connectivity index (χ4n) is 3.59. The molecule has 1 N–H and O–H groups in total. The smallest absolute Gasteiger partial charge is 0.256 e. The van der Waals surface area contributed by atoms with Crippen LogP contribution in [0, 0.1) is 5.82 Å². The molecule has 3 aromatic rings. The van der Waals surface area contributed by atoms with Crippen LogP contribution in [0.15, 0.2) is 36.4 Å². The van der Waals surface area contributed by atoms with E-state index in [0.29, 0.717) is 28.5 Å². The Kier molecular flexibility index (Phi) is 5.65. The van der Waals surface area contributed by atoms with Gasteiger partial charge in [0.15, 0.2) is 5.82 Å². The Morgan fingerprint density at radius 1 is 1.03 bits per heavy atom. The Morgan fingerprint density at radius 2 is 1.80 bits per heavy atom. The molecule has 0 saturated heterocycles. The molecule has 1 aromatic heterocycles. The molecule has 0 aliphatic carbocycles. The molecule has 4 rings (SSSR count). The molecule has 0 fully saturated rings. The number of ether oxygens (including phenoxy) is 2. The van der Waals surface area contributed by atoms with Gasteiger partial charge >= 0.3 is 0 Å². The molecule has 0 unspecified atom stereocenters. The van der Waals surface area contributed by atoms with Crippen LogP contribution in [-0.4, -0.2) is 34.9 Å². The number of hydrogen-bond donors (Lipinski definition) is 1. The van der Waals surface area contributed by atoms with E-state index < -0.39 is 11.7 Å². The van der Waals surface area contributed by atoms with Gasteiger partial charge in [-0.25, -0.2) is 4.39 Å². The normalized spacial score (nSPS) is 13.3. The van der Waals surface area contributed by atoms with Crippen molar-refractivity contribution in [1.82, 2.24) is 14.8 Å². The second-order valence-electron chi connectivity index (χ2n) is 7.15. The highest BCUT2D eigenvalue weighted by Crippen LogP contribution is 2.28. The number of benzene rings is 2. The van der Waals surface area contributed by atoms with Crippen LogP contribution >= 0.6 is 0 Å². The number of halogens is 1. The predicted molar refractivity (Wildman–Crippen MR) is 110 cm³/mol. The SMILES string of the molecule is COc1cc(OC)cc(C(=O)Nc2cc(-c3nnc4n3CCCCC4)ccc2F)c1. The first-order chi connectivity index (χ1) is 14.6. The van der Waals surface area contributed by atoms with Gasteiger partial charge in [-0.3, -0.25) is 4.79 Å². The number of carbonyl (C=O) groups excluding carboxylic acids is 1. The van der Waals surface area contributed by atoms with Gasteiger partial charge in [0.05, 0.1) is 19.9 Å². The Bertz CT molecular complexity index is 1060. The summed E-state index contributed by atoms with van der Waals surface area (Å²) in [6.45, 7) is 0.834. The van der Waals surface area contributed by atoms with Gasteiger partial charge in [0, 0.05) is 30.2 Å². The third-order valence-electron chi connectivity index (χ3n) is 5.20. The Hall–Kier alpha value is -3.42. The first kappa shape index (κ1) is 19.9. The van der Waals surface area contributed by atoms with Gasteiger partial charge in [-0.1, -0.05) is 6.42 Å². The quantitative estimate of drug-likeness (QED) is 0.686. The molecular formula is C22H23FN4O3. The van der Waals surface area contributed by atoms with Crippen LogP contribution in [-0.2, 0) is 13.0 Å². The zero-order valence-electron chi connectivity index (χ0n) is 16.9. The molecule has 0 radical (unpaired) electrons. The van der Waals surface area contributed by atoms with Gasteiger partial charge in [-0.05, 0) is 43.2 Å². The van der Waals surface area contributed by atoms with Crippen molar-refractivity contribution >= 4 is 11.6 Å². The average Bonchev–Trinajstić information content (AvgIpc) is 3.02. The molecule has 156 valence electrons. The van der Waals surface area contributed by atoms with Crippen molar-refractivity contribution in [3.8, 4) is 22.9 Å². The highest BCUT2D eigenvalue weighted by molar-refractivity contribution is 6.05. The number of amides is 1. The monoisotopic (exact) mass is 410 g/mol. The summed E-state index contributed by atoms with van der Waals surface area (Å²) in [5.41, 5.74) is 1.08. The maximum Gasteiger partial charge on any atom is 0.256 e. The largest absolute Gasteiger partial charge is 0.497 e. The second kappa shape index (κ2) is 8.52. The number of hydrogen-bond acceptors (Lipinski definition) is 5. The number of fused-ring (bicyclic) bond motifs is 1. The van der Waals surface area contributed by atoms with Crippen molar-refractivity contribution in [3.05, 3.63) is 53.6 Å². The van der Waals surface area contributed by atoms with Crippen LogP contribution in [0.25, 0.3) is 11.4 Å². The van der Waals surface area contributed by atoms with Crippen LogP contribution in [0.3, 0.4) is 0 Å². The van der Waals surface area contributed by atoms with Crippen molar-refractivity contribution in [1.29, 1.82) is 0 Å². The number of carbonyl (C=O) groups is 1. The summed E-state index contributed by atoms with van der Waals surface area (Å²) in [7, 11) is 3.00. The first-order valence-corrected chi connectivity index (χ1v) is 9.85. The second-order valence-corrected chi connectivity index (χ2v) is 7.15. The van der Waals surface area contributed by atoms with Gasteiger partial charge in [-0.2, -0.15) is 0 Å². The number of nitrogens with zero attached hydrogens (tertiary/aromatic N) is 3. The van der Waals surface area contributed by atoms with Gasteiger partial charge in [-0.15, -0.1) is 10.2 Å². The lowest BCUT2D eigenvalue weighted by atomic mass is 10.1. The van der Waals surface area contributed by atoms with Crippen LogP contribution < -0.4 is 14.8 Å². The van der Waals surface area contributed by atoms with Crippen LogP contribution in [0.2, 0.25) is 0 Å². The number of nitrogens with one attached hydrogen (secondary N) is 1. The van der Waals surface area contributed by atoms with E-state index in [0.717, 1.165) is 38.1 Å². The fourth-order valence-corrected chi connectivity index (χ4v) is 3.59. The minimum absolute atomic E-state index is 0.0743. The summed E-state index contributed by atoms with van der Waals surface area (Å²) in [6, 6.07) is 9.37. The number of aryl methyl sites for hydroxylation is 1. The number of methoxy groups -OCH3 is 2. The lowest BCUT2D eigenvalue weighted by Gasteiger charge is -2.12. The van der Waals surface area contributed by atoms with Gasteiger partial charge in [0.1, 0.15) is 23.1 Å². The molecule has 7 nitrogen and oxygen atoms in total. The van der Waals surface area contributed by atoms with Gasteiger partial charge in [0.2, 0.25) is 0 Å². The topological polar surface area (TPSA) is 78.3 Å². The molecule has 30 heavy (non-hydrogen) atoms. The van der Waals surface area contributed by atoms with Crippen molar-refractivity contribution in [2.45, 2.75) is 32.2 Å². The summed E-state index contributed by atoms with van der Waals surface area (Å²) in [6.07, 6.45) is 4.18. The third kappa shape index (κ3) is 3.98. The van der Waals surface area contributed by atoms with Crippen LogP contribution in [0.1, 0.15) is 35.4 Å². The van der Waals surface area contributed by atoms with E-state index in [2.05, 4.69) is 20.1 Å². The fraction of sp³-hybridized carbons (Fsp3) is 0.318. The molecule has 0 saturated carbocycles. The van der Waals surface area contributed by atoms with E-state index in [1.165, 1.54) is 20.3 Å². The minimum atomic E-state index is -0.530. The lowest BCUT2D eigenvalue weighted by molar-refractivity contribution is 0.102. The van der Waals surface area contributed by atoms with Crippen molar-refractivity contribution in [2.24, 2.45) is 0 Å². The summed E-state index contributed by atoms with van der Waals surface area (Å²) in [4.78, 5) is 12.8. The molecule has 0 bridgehead atoms. The van der Waals surface area contributed by atoms with Crippen molar-refractivity contribution in [3.63, 3.8) is 0 Å². The summed E-state index contributed by atoms with van der Waals surface area (Å²) in [5, 5.41) is 11.2. The minimum Gasteiger partial charge on any atom is -0.497 e. The zero-order chi connectivity index (χ0) is 21.1. The van der Waals surface area contributed by atoms with Crippen molar-refractivity contribution < 1.29 is 18.7 Å². The number of anilines is 1. The molecule has 1 aliphatic heterocycles. The Labute approximate surface area is 173 Å². The van der Waals surface area contributed by atoms with E-state index in [-0.39, 0.29) is 5.69 Å². The van der Waals surface area contributed by atoms with Crippen LogP contribution in [0.5, 0.6) is 11.5 Å². The van der Waals surface area contributed by atoms with Crippen LogP contribution in [0.4, 0.5) is 10.1 Å². The molecule has 2 aromatic carbocycles. The molecule has 8 heteroatoms. The molecule has 1 aliphatic rings. The van der Waals surface area contributed by atoms with Gasteiger partial charge < -0.3 is 19.4 Å². The molecule has 0 atom stereocenters.